The highest BCUT2D eigenvalue weighted by molar-refractivity contribution is 5.93. The number of benzene rings is 1. The third-order valence-corrected chi connectivity index (χ3v) is 3.66. The highest BCUT2D eigenvalue weighted by Gasteiger charge is 2.31. The standard InChI is InChI=1S/C18H12F6N6O/c19-17(20,21)10-5-6-26-14(7-10)27-8-13-15(25)28-9-29-16(13)30-11-1-3-12(4-2-11)31-18(22,23)24/h1-9H,(H3,25,28,29,30). The number of nitrogen functional groups attached to an aromatic ring is 1. The summed E-state index contributed by atoms with van der Waals surface area (Å²) < 4.78 is 79.0. The molecule has 162 valence electrons. The Kier molecular flexibility index (Phi) is 5.95. The molecule has 0 atom stereocenters. The van der Waals surface area contributed by atoms with Crippen molar-refractivity contribution < 1.29 is 31.1 Å². The van der Waals surface area contributed by atoms with Gasteiger partial charge in [0.2, 0.25) is 0 Å². The summed E-state index contributed by atoms with van der Waals surface area (Å²) in [5.41, 5.74) is 5.35. The van der Waals surface area contributed by atoms with Gasteiger partial charge in [-0.25, -0.2) is 19.9 Å². The van der Waals surface area contributed by atoms with Gasteiger partial charge in [-0.1, -0.05) is 0 Å². The van der Waals surface area contributed by atoms with Crippen molar-refractivity contribution in [2.75, 3.05) is 11.1 Å². The van der Waals surface area contributed by atoms with Crippen molar-refractivity contribution in [2.24, 2.45) is 4.99 Å². The number of rotatable bonds is 5. The number of nitrogens with zero attached hydrogens (tertiary/aromatic N) is 4. The van der Waals surface area contributed by atoms with Gasteiger partial charge in [-0.05, 0) is 36.4 Å². The molecule has 31 heavy (non-hydrogen) atoms. The minimum Gasteiger partial charge on any atom is -0.406 e. The zero-order valence-corrected chi connectivity index (χ0v) is 15.2. The normalized spacial score (nSPS) is 12.2. The molecule has 7 nitrogen and oxygen atoms in total. The van der Waals surface area contributed by atoms with Crippen LogP contribution >= 0.6 is 0 Å². The molecule has 2 aromatic heterocycles. The van der Waals surface area contributed by atoms with Crippen LogP contribution in [0.15, 0.2) is 53.9 Å². The molecule has 0 spiro atoms. The molecule has 0 aliphatic heterocycles. The highest BCUT2D eigenvalue weighted by Crippen LogP contribution is 2.31. The van der Waals surface area contributed by atoms with Gasteiger partial charge >= 0.3 is 12.5 Å². The maximum Gasteiger partial charge on any atom is 0.573 e. The van der Waals surface area contributed by atoms with Crippen molar-refractivity contribution in [2.45, 2.75) is 12.5 Å². The van der Waals surface area contributed by atoms with E-state index in [9.17, 15) is 26.3 Å². The predicted octanol–water partition coefficient (Wildman–Crippen LogP) is 4.87. The third kappa shape index (κ3) is 6.04. The summed E-state index contributed by atoms with van der Waals surface area (Å²) in [6, 6.07) is 6.33. The molecule has 0 bridgehead atoms. The van der Waals surface area contributed by atoms with Crippen LogP contribution in [0.1, 0.15) is 11.1 Å². The number of pyridine rings is 1. The molecule has 2 heterocycles. The molecule has 0 amide bonds. The topological polar surface area (TPSA) is 98.3 Å². The smallest absolute Gasteiger partial charge is 0.406 e. The van der Waals surface area contributed by atoms with Crippen molar-refractivity contribution in [3.63, 3.8) is 0 Å². The largest absolute Gasteiger partial charge is 0.573 e. The summed E-state index contributed by atoms with van der Waals surface area (Å²) in [4.78, 5) is 15.4. The first-order chi connectivity index (χ1) is 14.5. The molecule has 0 saturated heterocycles. The third-order valence-electron chi connectivity index (χ3n) is 3.66. The summed E-state index contributed by atoms with van der Waals surface area (Å²) in [5.74, 6) is -0.562. The lowest BCUT2D eigenvalue weighted by molar-refractivity contribution is -0.274. The summed E-state index contributed by atoms with van der Waals surface area (Å²) in [6.45, 7) is 0. The fourth-order valence-corrected chi connectivity index (χ4v) is 2.31. The first-order valence-corrected chi connectivity index (χ1v) is 8.32. The van der Waals surface area contributed by atoms with Gasteiger partial charge in [-0.3, -0.25) is 0 Å². The van der Waals surface area contributed by atoms with E-state index < -0.39 is 23.9 Å². The lowest BCUT2D eigenvalue weighted by atomic mass is 10.2. The lowest BCUT2D eigenvalue weighted by Crippen LogP contribution is -2.17. The minimum atomic E-state index is -4.82. The molecular formula is C18H12F6N6O. The maximum absolute atomic E-state index is 12.8. The summed E-state index contributed by atoms with van der Waals surface area (Å²) in [6.07, 6.45) is -6.17. The van der Waals surface area contributed by atoms with E-state index in [-0.39, 0.29) is 23.0 Å². The number of nitrogens with one attached hydrogen (secondary N) is 1. The molecule has 3 N–H and O–H groups in total. The van der Waals surface area contributed by atoms with E-state index in [0.29, 0.717) is 5.69 Å². The van der Waals surface area contributed by atoms with E-state index in [1.165, 1.54) is 12.1 Å². The van der Waals surface area contributed by atoms with Crippen LogP contribution < -0.4 is 15.8 Å². The number of anilines is 3. The van der Waals surface area contributed by atoms with Crippen molar-refractivity contribution in [3.05, 3.63) is 60.0 Å². The van der Waals surface area contributed by atoms with Crippen LogP contribution in [0.4, 0.5) is 49.5 Å². The number of alkyl halides is 6. The highest BCUT2D eigenvalue weighted by atomic mass is 19.4. The van der Waals surface area contributed by atoms with Gasteiger partial charge in [0.05, 0.1) is 11.1 Å². The van der Waals surface area contributed by atoms with Crippen LogP contribution in [0, 0.1) is 0 Å². The Hall–Kier alpha value is -3.90. The number of hydrogen-bond acceptors (Lipinski definition) is 7. The van der Waals surface area contributed by atoms with Gasteiger partial charge in [0, 0.05) is 18.1 Å². The van der Waals surface area contributed by atoms with E-state index in [1.807, 2.05) is 0 Å². The Balaban J connectivity index is 1.83. The Morgan fingerprint density at radius 2 is 1.68 bits per heavy atom. The van der Waals surface area contributed by atoms with Gasteiger partial charge in [0.1, 0.15) is 23.7 Å². The molecule has 13 heteroatoms. The number of aromatic nitrogens is 3. The average Bonchev–Trinajstić information content (AvgIpc) is 2.67. The Morgan fingerprint density at radius 3 is 2.32 bits per heavy atom. The Bertz CT molecular complexity index is 1080. The van der Waals surface area contributed by atoms with Gasteiger partial charge in [0.25, 0.3) is 0 Å². The second-order valence-corrected chi connectivity index (χ2v) is 5.88. The van der Waals surface area contributed by atoms with Crippen LogP contribution in [0.25, 0.3) is 0 Å². The second kappa shape index (κ2) is 8.45. The van der Waals surface area contributed by atoms with E-state index in [0.717, 1.165) is 43.0 Å². The van der Waals surface area contributed by atoms with Crippen molar-refractivity contribution >= 4 is 29.4 Å². The number of ether oxygens (including phenoxy) is 1. The molecule has 0 fully saturated rings. The van der Waals surface area contributed by atoms with Crippen molar-refractivity contribution in [1.82, 2.24) is 15.0 Å². The first kappa shape index (κ1) is 21.8. The van der Waals surface area contributed by atoms with Crippen LogP contribution in [-0.2, 0) is 6.18 Å². The molecule has 0 saturated carbocycles. The SMILES string of the molecule is Nc1ncnc(Nc2ccc(OC(F)(F)F)cc2)c1C=Nc1cc(C(F)(F)F)ccn1. The molecule has 0 aliphatic carbocycles. The molecule has 0 unspecified atom stereocenters. The molecule has 0 radical (unpaired) electrons. The quantitative estimate of drug-likeness (QED) is 0.432. The van der Waals surface area contributed by atoms with Gasteiger partial charge in [-0.2, -0.15) is 13.2 Å². The zero-order chi connectivity index (χ0) is 22.6. The minimum absolute atomic E-state index is 0.0368. The van der Waals surface area contributed by atoms with Crippen LogP contribution in [0.5, 0.6) is 5.75 Å². The summed E-state index contributed by atoms with van der Waals surface area (Å²) in [7, 11) is 0. The molecule has 3 rings (SSSR count). The Morgan fingerprint density at radius 1 is 0.968 bits per heavy atom. The first-order valence-electron chi connectivity index (χ1n) is 8.32. The van der Waals surface area contributed by atoms with Crippen molar-refractivity contribution in [3.8, 4) is 5.75 Å². The van der Waals surface area contributed by atoms with Crippen LogP contribution in [0.3, 0.4) is 0 Å². The molecule has 3 aromatic rings. The Labute approximate surface area is 170 Å². The summed E-state index contributed by atoms with van der Waals surface area (Å²) in [5, 5.41) is 2.82. The van der Waals surface area contributed by atoms with Gasteiger partial charge < -0.3 is 15.8 Å². The second-order valence-electron chi connectivity index (χ2n) is 5.88. The number of hydrogen-bond donors (Lipinski definition) is 2. The summed E-state index contributed by atoms with van der Waals surface area (Å²) >= 11 is 0. The van der Waals surface area contributed by atoms with Crippen LogP contribution in [0.2, 0.25) is 0 Å². The average molecular weight is 442 g/mol. The molecule has 0 aliphatic rings. The predicted molar refractivity (Wildman–Crippen MR) is 99.3 cm³/mol. The fourth-order valence-electron chi connectivity index (χ4n) is 2.31. The maximum atomic E-state index is 12.8. The molecular weight excluding hydrogens is 430 g/mol. The van der Waals surface area contributed by atoms with Gasteiger partial charge in [0.15, 0.2) is 5.82 Å². The van der Waals surface area contributed by atoms with Gasteiger partial charge in [-0.15, -0.1) is 13.2 Å². The molecule has 1 aromatic carbocycles. The monoisotopic (exact) mass is 442 g/mol. The number of halogens is 6. The fraction of sp³-hybridized carbons (Fsp3) is 0.111. The van der Waals surface area contributed by atoms with Crippen molar-refractivity contribution in [1.29, 1.82) is 0 Å². The zero-order valence-electron chi connectivity index (χ0n) is 15.2. The van der Waals surface area contributed by atoms with Crippen LogP contribution in [-0.4, -0.2) is 27.5 Å². The number of nitrogens with two attached hydrogens (primary N) is 1. The van der Waals surface area contributed by atoms with E-state index in [2.05, 4.69) is 30.0 Å². The van der Waals surface area contributed by atoms with E-state index in [1.54, 1.807) is 0 Å². The number of aliphatic imine (C=N–C) groups is 1. The van der Waals surface area contributed by atoms with E-state index >= 15 is 0 Å². The van der Waals surface area contributed by atoms with E-state index in [4.69, 9.17) is 5.73 Å². The lowest BCUT2D eigenvalue weighted by Gasteiger charge is -2.11.